The molecular weight excluding hydrogens is 352 g/mol. The zero-order chi connectivity index (χ0) is 19.4. The first-order valence-corrected chi connectivity index (χ1v) is 9.00. The summed E-state index contributed by atoms with van der Waals surface area (Å²) in [6.07, 6.45) is -0.809. The van der Waals surface area contributed by atoms with Crippen LogP contribution in [-0.4, -0.2) is 72.4 Å². The number of aliphatic hydroxyl groups excluding tert-OH is 2. The Balaban J connectivity index is 0.000000260. The average Bonchev–Trinajstić information content (AvgIpc) is 2.64. The lowest BCUT2D eigenvalue weighted by Gasteiger charge is -2.56. The standard InChI is InChI=1S/C14H16N4O2.C4H10O3/c1-7-4-2-3-5-8(7)6-14-10(20)13-15-11(17-14)9(19)12(16-13)18-14;5-1-3-7-4-2-6/h2-5,11-13,15-18H,6H2,1H3;5-6H,1-4H2. The van der Waals surface area contributed by atoms with Gasteiger partial charge in [0.05, 0.1) is 26.4 Å². The van der Waals surface area contributed by atoms with Crippen LogP contribution in [0.15, 0.2) is 24.3 Å². The van der Waals surface area contributed by atoms with E-state index in [1.165, 1.54) is 0 Å². The zero-order valence-electron chi connectivity index (χ0n) is 15.2. The fraction of sp³-hybridized carbons (Fsp3) is 0.556. The second kappa shape index (κ2) is 8.53. The number of ketones is 2. The van der Waals surface area contributed by atoms with Crippen molar-refractivity contribution in [3.63, 3.8) is 0 Å². The zero-order valence-corrected chi connectivity index (χ0v) is 15.2. The number of aryl methyl sites for hydroxylation is 1. The maximum Gasteiger partial charge on any atom is 0.199 e. The predicted molar refractivity (Wildman–Crippen MR) is 96.5 cm³/mol. The van der Waals surface area contributed by atoms with Crippen LogP contribution in [0.1, 0.15) is 11.1 Å². The Morgan fingerprint density at radius 2 is 1.59 bits per heavy atom. The van der Waals surface area contributed by atoms with E-state index >= 15 is 0 Å². The smallest absolute Gasteiger partial charge is 0.199 e. The number of hydrogen-bond acceptors (Lipinski definition) is 9. The number of carbonyl (C=O) groups excluding carboxylic acids is 2. The van der Waals surface area contributed by atoms with Gasteiger partial charge in [-0.1, -0.05) is 24.3 Å². The van der Waals surface area contributed by atoms with Gasteiger partial charge in [-0.3, -0.25) is 30.9 Å². The fourth-order valence-electron chi connectivity index (χ4n) is 3.53. The first-order chi connectivity index (χ1) is 13.0. The van der Waals surface area contributed by atoms with Crippen molar-refractivity contribution in [1.82, 2.24) is 21.3 Å². The van der Waals surface area contributed by atoms with Gasteiger partial charge in [-0.15, -0.1) is 0 Å². The molecule has 2 unspecified atom stereocenters. The number of hydrogen-bond donors (Lipinski definition) is 6. The van der Waals surface area contributed by atoms with Gasteiger partial charge in [-0.25, -0.2) is 0 Å². The molecule has 4 fully saturated rings. The number of Topliss-reactive ketones (excluding diaryl/α,β-unsaturated/α-hetero) is 2. The Labute approximate surface area is 157 Å². The third-order valence-corrected chi connectivity index (χ3v) is 4.89. The van der Waals surface area contributed by atoms with Gasteiger partial charge in [0, 0.05) is 6.42 Å². The van der Waals surface area contributed by atoms with E-state index in [4.69, 9.17) is 10.2 Å². The van der Waals surface area contributed by atoms with Crippen LogP contribution in [0.2, 0.25) is 0 Å². The molecule has 1 aromatic carbocycles. The van der Waals surface area contributed by atoms with Crippen molar-refractivity contribution in [2.24, 2.45) is 0 Å². The first-order valence-electron chi connectivity index (χ1n) is 9.00. The van der Waals surface area contributed by atoms with Gasteiger partial charge in [0.2, 0.25) is 0 Å². The molecule has 5 rings (SSSR count). The summed E-state index contributed by atoms with van der Waals surface area (Å²) < 4.78 is 4.63. The molecule has 9 nitrogen and oxygen atoms in total. The van der Waals surface area contributed by atoms with E-state index < -0.39 is 24.2 Å². The van der Waals surface area contributed by atoms with Crippen LogP contribution >= 0.6 is 0 Å². The van der Waals surface area contributed by atoms with Crippen molar-refractivity contribution in [1.29, 1.82) is 0 Å². The molecule has 4 heterocycles. The second-order valence-electron chi connectivity index (χ2n) is 6.76. The molecule has 0 saturated carbocycles. The van der Waals surface area contributed by atoms with Gasteiger partial charge < -0.3 is 14.9 Å². The highest BCUT2D eigenvalue weighted by molar-refractivity contribution is 6.03. The molecular formula is C18H26N4O5. The van der Waals surface area contributed by atoms with Crippen molar-refractivity contribution in [2.75, 3.05) is 26.4 Å². The van der Waals surface area contributed by atoms with Crippen molar-refractivity contribution in [2.45, 2.75) is 37.5 Å². The van der Waals surface area contributed by atoms with Crippen molar-refractivity contribution >= 4 is 11.6 Å². The van der Waals surface area contributed by atoms with Crippen LogP contribution in [0, 0.1) is 6.92 Å². The van der Waals surface area contributed by atoms with Crippen LogP contribution in [0.3, 0.4) is 0 Å². The second-order valence-corrected chi connectivity index (χ2v) is 6.76. The fourth-order valence-corrected chi connectivity index (χ4v) is 3.53. The third-order valence-electron chi connectivity index (χ3n) is 4.89. The first kappa shape index (κ1) is 20.0. The van der Waals surface area contributed by atoms with Crippen LogP contribution in [0.5, 0.6) is 0 Å². The summed E-state index contributed by atoms with van der Waals surface area (Å²) in [4.78, 5) is 24.5. The number of nitrogens with one attached hydrogen (secondary N) is 4. The number of aliphatic hydroxyl groups is 2. The average molecular weight is 378 g/mol. The molecule has 1 aromatic rings. The van der Waals surface area contributed by atoms with Gasteiger partial charge in [-0.05, 0) is 18.1 Å². The van der Waals surface area contributed by atoms with Gasteiger partial charge >= 0.3 is 0 Å². The van der Waals surface area contributed by atoms with Gasteiger partial charge in [0.15, 0.2) is 11.6 Å². The largest absolute Gasteiger partial charge is 0.394 e. The summed E-state index contributed by atoms with van der Waals surface area (Å²) in [5.74, 6) is 0.0231. The number of ether oxygens (including phenoxy) is 1. The molecule has 0 aromatic heterocycles. The molecule has 0 radical (unpaired) electrons. The normalized spacial score (nSPS) is 31.0. The van der Waals surface area contributed by atoms with E-state index in [-0.39, 0.29) is 24.8 Å². The Kier molecular flexibility index (Phi) is 6.33. The van der Waals surface area contributed by atoms with E-state index in [2.05, 4.69) is 26.0 Å². The minimum atomic E-state index is -0.851. The number of rotatable bonds is 6. The van der Waals surface area contributed by atoms with Gasteiger partial charge in [0.25, 0.3) is 0 Å². The monoisotopic (exact) mass is 378 g/mol. The molecule has 0 spiro atoms. The highest BCUT2D eigenvalue weighted by Gasteiger charge is 2.60. The number of carbonyl (C=O) groups is 2. The van der Waals surface area contributed by atoms with E-state index in [1.807, 2.05) is 31.2 Å². The van der Waals surface area contributed by atoms with Crippen molar-refractivity contribution in [3.8, 4) is 0 Å². The van der Waals surface area contributed by atoms with E-state index in [1.54, 1.807) is 0 Å². The lowest BCUT2D eigenvalue weighted by molar-refractivity contribution is -0.154. The molecule has 9 heteroatoms. The quantitative estimate of drug-likeness (QED) is 0.304. The van der Waals surface area contributed by atoms with Crippen LogP contribution < -0.4 is 21.3 Å². The summed E-state index contributed by atoms with van der Waals surface area (Å²) in [7, 11) is 0. The summed E-state index contributed by atoms with van der Waals surface area (Å²) >= 11 is 0. The lowest BCUT2D eigenvalue weighted by atomic mass is 9.83. The van der Waals surface area contributed by atoms with Crippen molar-refractivity contribution in [3.05, 3.63) is 35.4 Å². The minimum absolute atomic E-state index is 0.00848. The molecule has 4 saturated heterocycles. The van der Waals surface area contributed by atoms with E-state index in [0.717, 1.165) is 11.1 Å². The predicted octanol–water partition coefficient (Wildman–Crippen LogP) is -2.26. The molecule has 2 atom stereocenters. The maximum atomic E-state index is 12.6. The highest BCUT2D eigenvalue weighted by atomic mass is 16.5. The van der Waals surface area contributed by atoms with Crippen LogP contribution in [-0.2, 0) is 20.7 Å². The Bertz CT molecular complexity index is 676. The van der Waals surface area contributed by atoms with Crippen LogP contribution in [0.25, 0.3) is 0 Å². The molecule has 4 aliphatic heterocycles. The SMILES string of the molecule is Cc1ccccc1CC12NC3NC(NC(N1)C3=O)C2=O.OCCOCCO. The summed E-state index contributed by atoms with van der Waals surface area (Å²) in [6, 6.07) is 8.00. The van der Waals surface area contributed by atoms with E-state index in [0.29, 0.717) is 19.6 Å². The lowest BCUT2D eigenvalue weighted by Crippen LogP contribution is -2.93. The van der Waals surface area contributed by atoms with Gasteiger partial charge in [-0.2, -0.15) is 0 Å². The Hall–Kier alpha value is -1.72. The molecule has 27 heavy (non-hydrogen) atoms. The maximum absolute atomic E-state index is 12.6. The van der Waals surface area contributed by atoms with Gasteiger partial charge in [0.1, 0.15) is 24.2 Å². The van der Waals surface area contributed by atoms with Crippen LogP contribution in [0.4, 0.5) is 0 Å². The molecule has 0 aliphatic carbocycles. The molecule has 0 amide bonds. The van der Waals surface area contributed by atoms with E-state index in [9.17, 15) is 9.59 Å². The minimum Gasteiger partial charge on any atom is -0.394 e. The summed E-state index contributed by atoms with van der Waals surface area (Å²) in [6.45, 7) is 2.73. The Morgan fingerprint density at radius 3 is 2.15 bits per heavy atom. The van der Waals surface area contributed by atoms with Crippen molar-refractivity contribution < 1.29 is 24.5 Å². The molecule has 6 N–H and O–H groups in total. The summed E-state index contributed by atoms with van der Waals surface area (Å²) in [5.41, 5.74) is 1.40. The highest BCUT2D eigenvalue weighted by Crippen LogP contribution is 2.27. The Morgan fingerprint density at radius 1 is 1.00 bits per heavy atom. The number of benzene rings is 1. The summed E-state index contributed by atoms with van der Waals surface area (Å²) in [5, 5.41) is 28.4. The third kappa shape index (κ3) is 4.09. The molecule has 148 valence electrons. The molecule has 4 bridgehead atoms. The topological polar surface area (TPSA) is 132 Å². The molecule has 4 aliphatic rings.